The first-order valence-electron chi connectivity index (χ1n) is 7.02. The average molecular weight is 280 g/mol. The zero-order valence-corrected chi connectivity index (χ0v) is 12.8. The molecule has 0 radical (unpaired) electrons. The molecule has 0 atom stereocenters. The molecule has 2 heterocycles. The summed E-state index contributed by atoms with van der Waals surface area (Å²) in [6.45, 7) is 10.4. The van der Waals surface area contributed by atoms with Crippen LogP contribution in [0.3, 0.4) is 0 Å². The van der Waals surface area contributed by atoms with Crippen molar-refractivity contribution >= 4 is 11.7 Å². The number of piperazine rings is 1. The first-order valence-corrected chi connectivity index (χ1v) is 7.02. The molecule has 0 saturated carbocycles. The van der Waals surface area contributed by atoms with E-state index in [1.807, 2.05) is 20.8 Å². The Morgan fingerprint density at radius 1 is 1.35 bits per heavy atom. The molecule has 0 spiro atoms. The lowest BCUT2D eigenvalue weighted by atomic mass is 9.93. The summed E-state index contributed by atoms with van der Waals surface area (Å²) in [6, 6.07) is 1.79. The van der Waals surface area contributed by atoms with E-state index >= 15 is 0 Å². The third kappa shape index (κ3) is 4.05. The SMILES string of the molecule is CN1CCN(CC(=O)Nc2cc(C(C)(C)C)on2)CC1. The first kappa shape index (κ1) is 15.0. The van der Waals surface area contributed by atoms with Crippen molar-refractivity contribution in [3.8, 4) is 0 Å². The van der Waals surface area contributed by atoms with Gasteiger partial charge in [0.05, 0.1) is 6.54 Å². The zero-order chi connectivity index (χ0) is 14.8. The van der Waals surface area contributed by atoms with E-state index in [0.29, 0.717) is 12.4 Å². The van der Waals surface area contributed by atoms with Gasteiger partial charge in [-0.3, -0.25) is 9.69 Å². The fourth-order valence-electron chi connectivity index (χ4n) is 2.08. The van der Waals surface area contributed by atoms with Gasteiger partial charge < -0.3 is 14.7 Å². The van der Waals surface area contributed by atoms with Gasteiger partial charge in [-0.25, -0.2) is 0 Å². The molecule has 1 N–H and O–H groups in total. The highest BCUT2D eigenvalue weighted by atomic mass is 16.5. The van der Waals surface area contributed by atoms with Crippen LogP contribution in [0.25, 0.3) is 0 Å². The molecule has 1 fully saturated rings. The quantitative estimate of drug-likeness (QED) is 0.900. The van der Waals surface area contributed by atoms with Crippen molar-refractivity contribution in [3.05, 3.63) is 11.8 Å². The maximum atomic E-state index is 12.0. The molecule has 1 amide bonds. The van der Waals surface area contributed by atoms with Crippen molar-refractivity contribution < 1.29 is 9.32 Å². The largest absolute Gasteiger partial charge is 0.359 e. The van der Waals surface area contributed by atoms with Crippen molar-refractivity contribution in [2.24, 2.45) is 0 Å². The molecule has 6 nitrogen and oxygen atoms in total. The van der Waals surface area contributed by atoms with Gasteiger partial charge in [-0.1, -0.05) is 25.9 Å². The van der Waals surface area contributed by atoms with Gasteiger partial charge in [0.1, 0.15) is 5.76 Å². The topological polar surface area (TPSA) is 61.6 Å². The Kier molecular flexibility index (Phi) is 4.45. The molecule has 1 aromatic heterocycles. The number of amides is 1. The molecule has 112 valence electrons. The number of hydrogen-bond donors (Lipinski definition) is 1. The van der Waals surface area contributed by atoms with Crippen molar-refractivity contribution in [2.75, 3.05) is 45.1 Å². The summed E-state index contributed by atoms with van der Waals surface area (Å²) in [5.74, 6) is 1.23. The lowest BCUT2D eigenvalue weighted by Gasteiger charge is -2.31. The minimum absolute atomic E-state index is 0.0386. The van der Waals surface area contributed by atoms with Gasteiger partial charge in [0, 0.05) is 37.7 Å². The van der Waals surface area contributed by atoms with Crippen LogP contribution in [0.4, 0.5) is 5.82 Å². The van der Waals surface area contributed by atoms with Crippen molar-refractivity contribution in [2.45, 2.75) is 26.2 Å². The summed E-state index contributed by atoms with van der Waals surface area (Å²) in [6.07, 6.45) is 0. The molecular weight excluding hydrogens is 256 g/mol. The number of carbonyl (C=O) groups is 1. The highest BCUT2D eigenvalue weighted by Gasteiger charge is 2.21. The normalized spacial score (nSPS) is 18.2. The van der Waals surface area contributed by atoms with Crippen molar-refractivity contribution in [1.29, 1.82) is 0 Å². The van der Waals surface area contributed by atoms with E-state index in [9.17, 15) is 4.79 Å². The first-order chi connectivity index (χ1) is 9.34. The molecule has 0 aliphatic carbocycles. The van der Waals surface area contributed by atoms with E-state index in [1.54, 1.807) is 6.07 Å². The van der Waals surface area contributed by atoms with Crippen LogP contribution in [0.5, 0.6) is 0 Å². The average Bonchev–Trinajstić information content (AvgIpc) is 2.80. The van der Waals surface area contributed by atoms with Gasteiger partial charge in [0.2, 0.25) is 5.91 Å². The molecule has 1 saturated heterocycles. The highest BCUT2D eigenvalue weighted by molar-refractivity contribution is 5.91. The molecule has 2 rings (SSSR count). The van der Waals surface area contributed by atoms with Gasteiger partial charge in [-0.15, -0.1) is 0 Å². The van der Waals surface area contributed by atoms with Crippen LogP contribution in [0, 0.1) is 0 Å². The highest BCUT2D eigenvalue weighted by Crippen LogP contribution is 2.24. The maximum absolute atomic E-state index is 12.0. The lowest BCUT2D eigenvalue weighted by molar-refractivity contribution is -0.117. The Morgan fingerprint density at radius 3 is 2.55 bits per heavy atom. The maximum Gasteiger partial charge on any atom is 0.239 e. The molecule has 6 heteroatoms. The zero-order valence-electron chi connectivity index (χ0n) is 12.8. The van der Waals surface area contributed by atoms with Gasteiger partial charge >= 0.3 is 0 Å². The van der Waals surface area contributed by atoms with Gasteiger partial charge in [-0.05, 0) is 7.05 Å². The van der Waals surface area contributed by atoms with E-state index in [1.165, 1.54) is 0 Å². The third-order valence-electron chi connectivity index (χ3n) is 3.48. The number of carbonyl (C=O) groups excluding carboxylic acids is 1. The number of anilines is 1. The second-order valence-electron chi connectivity index (χ2n) is 6.45. The summed E-state index contributed by atoms with van der Waals surface area (Å²) < 4.78 is 5.25. The molecule has 0 aromatic carbocycles. The molecule has 0 bridgehead atoms. The predicted molar refractivity (Wildman–Crippen MR) is 77.8 cm³/mol. The van der Waals surface area contributed by atoms with Gasteiger partial charge in [0.15, 0.2) is 5.82 Å². The Bertz CT molecular complexity index is 456. The van der Waals surface area contributed by atoms with Gasteiger partial charge in [0.25, 0.3) is 0 Å². The van der Waals surface area contributed by atoms with Crippen LogP contribution in [-0.2, 0) is 10.2 Å². The fourth-order valence-corrected chi connectivity index (χ4v) is 2.08. The van der Waals surface area contributed by atoms with Crippen molar-refractivity contribution in [3.63, 3.8) is 0 Å². The summed E-state index contributed by atoms with van der Waals surface area (Å²) in [4.78, 5) is 16.4. The molecular formula is C14H24N4O2. The standard InChI is InChI=1S/C14H24N4O2/c1-14(2,3)11-9-12(16-20-11)15-13(19)10-18-7-5-17(4)6-8-18/h9H,5-8,10H2,1-4H3,(H,15,16,19). The number of likely N-dealkylation sites (N-methyl/N-ethyl adjacent to an activating group) is 1. The molecule has 20 heavy (non-hydrogen) atoms. The molecule has 1 aliphatic rings. The second kappa shape index (κ2) is 5.93. The summed E-state index contributed by atoms with van der Waals surface area (Å²) in [7, 11) is 2.10. The summed E-state index contributed by atoms with van der Waals surface area (Å²) in [5.41, 5.74) is -0.104. The Hall–Kier alpha value is -1.40. The van der Waals surface area contributed by atoms with E-state index in [4.69, 9.17) is 4.52 Å². The van der Waals surface area contributed by atoms with Crippen molar-refractivity contribution in [1.82, 2.24) is 15.0 Å². The monoisotopic (exact) mass is 280 g/mol. The van der Waals surface area contributed by atoms with E-state index in [2.05, 4.69) is 27.3 Å². The molecule has 0 unspecified atom stereocenters. The third-order valence-corrected chi connectivity index (χ3v) is 3.48. The number of rotatable bonds is 3. The van der Waals surface area contributed by atoms with Crippen LogP contribution in [0.1, 0.15) is 26.5 Å². The number of aromatic nitrogens is 1. The summed E-state index contributed by atoms with van der Waals surface area (Å²) >= 11 is 0. The minimum atomic E-state index is -0.104. The molecule has 1 aliphatic heterocycles. The smallest absolute Gasteiger partial charge is 0.239 e. The summed E-state index contributed by atoms with van der Waals surface area (Å²) in [5, 5.41) is 6.69. The van der Waals surface area contributed by atoms with Crippen LogP contribution in [0.2, 0.25) is 0 Å². The van der Waals surface area contributed by atoms with Gasteiger partial charge in [-0.2, -0.15) is 0 Å². The van der Waals surface area contributed by atoms with E-state index in [-0.39, 0.29) is 11.3 Å². The number of nitrogens with zero attached hydrogens (tertiary/aromatic N) is 3. The van der Waals surface area contributed by atoms with E-state index in [0.717, 1.165) is 31.9 Å². The van der Waals surface area contributed by atoms with E-state index < -0.39 is 0 Å². The Labute approximate surface area is 120 Å². The Balaban J connectivity index is 1.84. The van der Waals surface area contributed by atoms with Crippen LogP contribution in [0.15, 0.2) is 10.6 Å². The predicted octanol–water partition coefficient (Wildman–Crippen LogP) is 1.16. The Morgan fingerprint density at radius 2 is 2.00 bits per heavy atom. The number of nitrogens with one attached hydrogen (secondary N) is 1. The van der Waals surface area contributed by atoms with Crippen LogP contribution in [-0.4, -0.2) is 60.6 Å². The van der Waals surface area contributed by atoms with Crippen LogP contribution < -0.4 is 5.32 Å². The van der Waals surface area contributed by atoms with Crippen LogP contribution >= 0.6 is 0 Å². The molecule has 1 aromatic rings. The fraction of sp³-hybridized carbons (Fsp3) is 0.714. The minimum Gasteiger partial charge on any atom is -0.359 e. The lowest BCUT2D eigenvalue weighted by Crippen LogP contribution is -2.47. The second-order valence-corrected chi connectivity index (χ2v) is 6.45. The number of hydrogen-bond acceptors (Lipinski definition) is 5.